The number of hydrogen-bond donors (Lipinski definition) is 3. The van der Waals surface area contributed by atoms with E-state index in [1.54, 1.807) is 14.0 Å². The van der Waals surface area contributed by atoms with Crippen LogP contribution in [0.5, 0.6) is 5.75 Å². The summed E-state index contributed by atoms with van der Waals surface area (Å²) in [7, 11) is 1.58. The summed E-state index contributed by atoms with van der Waals surface area (Å²) in [5.41, 5.74) is 6.26. The number of hydrogen-bond acceptors (Lipinski definition) is 4. The van der Waals surface area contributed by atoms with Crippen molar-refractivity contribution in [2.75, 3.05) is 7.11 Å². The topological polar surface area (TPSA) is 96.9 Å². The first kappa shape index (κ1) is 13.8. The van der Waals surface area contributed by atoms with E-state index in [9.17, 15) is 4.79 Å². The molecule has 0 aliphatic carbocycles. The Balaban J connectivity index is 2.57. The molecule has 1 unspecified atom stereocenters. The molecule has 0 aliphatic rings. The van der Waals surface area contributed by atoms with E-state index >= 15 is 0 Å². The van der Waals surface area contributed by atoms with E-state index in [-0.39, 0.29) is 11.7 Å². The van der Waals surface area contributed by atoms with Gasteiger partial charge in [0.05, 0.1) is 13.0 Å². The standard InChI is InChI=1S/C12H17N3O3/c1-8(11(13)15-17)12(16)14-7-9-4-3-5-10(6-9)18-2/h3-6,8,17H,7H2,1-2H3,(H2,13,15)(H,14,16). The summed E-state index contributed by atoms with van der Waals surface area (Å²) in [5, 5.41) is 14.0. The average molecular weight is 251 g/mol. The number of nitrogens with zero attached hydrogens (tertiary/aromatic N) is 1. The number of benzene rings is 1. The lowest BCUT2D eigenvalue weighted by Crippen LogP contribution is -2.36. The lowest BCUT2D eigenvalue weighted by Gasteiger charge is -2.11. The van der Waals surface area contributed by atoms with E-state index < -0.39 is 5.92 Å². The van der Waals surface area contributed by atoms with Crippen LogP contribution in [0.4, 0.5) is 0 Å². The minimum atomic E-state index is -0.666. The van der Waals surface area contributed by atoms with Crippen molar-refractivity contribution >= 4 is 11.7 Å². The molecule has 1 aromatic rings. The molecule has 1 amide bonds. The maximum Gasteiger partial charge on any atom is 0.230 e. The van der Waals surface area contributed by atoms with Gasteiger partial charge in [0.15, 0.2) is 5.84 Å². The molecule has 6 nitrogen and oxygen atoms in total. The summed E-state index contributed by atoms with van der Waals surface area (Å²) >= 11 is 0. The lowest BCUT2D eigenvalue weighted by molar-refractivity contribution is -0.122. The molecule has 0 saturated carbocycles. The van der Waals surface area contributed by atoms with Crippen LogP contribution in [-0.2, 0) is 11.3 Å². The maximum atomic E-state index is 11.7. The van der Waals surface area contributed by atoms with Crippen molar-refractivity contribution in [1.29, 1.82) is 0 Å². The maximum absolute atomic E-state index is 11.7. The molecule has 1 atom stereocenters. The van der Waals surface area contributed by atoms with Crippen molar-refractivity contribution in [2.45, 2.75) is 13.5 Å². The molecule has 0 spiro atoms. The van der Waals surface area contributed by atoms with Crippen molar-refractivity contribution in [3.05, 3.63) is 29.8 Å². The minimum absolute atomic E-state index is 0.113. The highest BCUT2D eigenvalue weighted by molar-refractivity contribution is 6.01. The summed E-state index contributed by atoms with van der Waals surface area (Å²) in [4.78, 5) is 11.7. The molecule has 18 heavy (non-hydrogen) atoms. The molecule has 1 aromatic carbocycles. The van der Waals surface area contributed by atoms with E-state index in [1.807, 2.05) is 24.3 Å². The first-order valence-electron chi connectivity index (χ1n) is 5.46. The van der Waals surface area contributed by atoms with Crippen LogP contribution >= 0.6 is 0 Å². The normalized spacial score (nSPS) is 12.9. The molecule has 0 aromatic heterocycles. The lowest BCUT2D eigenvalue weighted by atomic mass is 10.1. The van der Waals surface area contributed by atoms with Crippen LogP contribution in [0.1, 0.15) is 12.5 Å². The summed E-state index contributed by atoms with van der Waals surface area (Å²) in [6.45, 7) is 1.93. The molecule has 0 fully saturated rings. The van der Waals surface area contributed by atoms with Crippen LogP contribution in [0.3, 0.4) is 0 Å². The predicted octanol–water partition coefficient (Wildman–Crippen LogP) is 0.694. The quantitative estimate of drug-likeness (QED) is 0.310. The Labute approximate surface area is 105 Å². The van der Waals surface area contributed by atoms with Gasteiger partial charge >= 0.3 is 0 Å². The van der Waals surface area contributed by atoms with E-state index in [0.29, 0.717) is 6.54 Å². The van der Waals surface area contributed by atoms with Gasteiger partial charge < -0.3 is 21.0 Å². The van der Waals surface area contributed by atoms with Gasteiger partial charge in [-0.25, -0.2) is 0 Å². The molecule has 1 rings (SSSR count). The second kappa shape index (κ2) is 6.48. The van der Waals surface area contributed by atoms with E-state index in [4.69, 9.17) is 15.7 Å². The molecule has 0 heterocycles. The average Bonchev–Trinajstić information content (AvgIpc) is 2.43. The number of carbonyl (C=O) groups excluding carboxylic acids is 1. The van der Waals surface area contributed by atoms with E-state index in [0.717, 1.165) is 11.3 Å². The molecular formula is C12H17N3O3. The Morgan fingerprint density at radius 3 is 2.94 bits per heavy atom. The number of methoxy groups -OCH3 is 1. The molecule has 0 bridgehead atoms. The van der Waals surface area contributed by atoms with Crippen LogP contribution in [0.25, 0.3) is 0 Å². The van der Waals surface area contributed by atoms with Gasteiger partial charge in [0, 0.05) is 6.54 Å². The number of ether oxygens (including phenoxy) is 1. The number of amides is 1. The van der Waals surface area contributed by atoms with Gasteiger partial charge in [-0.3, -0.25) is 4.79 Å². The van der Waals surface area contributed by atoms with E-state index in [2.05, 4.69) is 10.5 Å². The van der Waals surface area contributed by atoms with Gasteiger partial charge in [-0.05, 0) is 24.6 Å². The van der Waals surface area contributed by atoms with Crippen molar-refractivity contribution in [2.24, 2.45) is 16.8 Å². The van der Waals surface area contributed by atoms with Crippen molar-refractivity contribution in [3.63, 3.8) is 0 Å². The fourth-order valence-electron chi connectivity index (χ4n) is 1.35. The van der Waals surface area contributed by atoms with Crippen LogP contribution in [0, 0.1) is 5.92 Å². The first-order valence-corrected chi connectivity index (χ1v) is 5.46. The zero-order valence-electron chi connectivity index (χ0n) is 10.4. The fourth-order valence-corrected chi connectivity index (χ4v) is 1.35. The predicted molar refractivity (Wildman–Crippen MR) is 67.4 cm³/mol. The third kappa shape index (κ3) is 3.65. The van der Waals surface area contributed by atoms with Crippen LogP contribution in [0.2, 0.25) is 0 Å². The molecule has 98 valence electrons. The first-order chi connectivity index (χ1) is 8.58. The molecule has 0 radical (unpaired) electrons. The molecule has 0 saturated heterocycles. The van der Waals surface area contributed by atoms with Crippen molar-refractivity contribution in [3.8, 4) is 5.75 Å². The largest absolute Gasteiger partial charge is 0.497 e. The Bertz CT molecular complexity index is 446. The number of nitrogens with two attached hydrogens (primary N) is 1. The van der Waals surface area contributed by atoms with Gasteiger partial charge in [-0.1, -0.05) is 17.3 Å². The molecule has 6 heteroatoms. The summed E-state index contributed by atoms with van der Waals surface area (Å²) in [5.74, 6) is -0.349. The summed E-state index contributed by atoms with van der Waals surface area (Å²) in [6.07, 6.45) is 0. The number of oxime groups is 1. The zero-order chi connectivity index (χ0) is 13.5. The number of rotatable bonds is 5. The number of nitrogens with one attached hydrogen (secondary N) is 1. The third-order valence-electron chi connectivity index (χ3n) is 2.55. The summed E-state index contributed by atoms with van der Waals surface area (Å²) in [6, 6.07) is 7.36. The number of carbonyl (C=O) groups is 1. The minimum Gasteiger partial charge on any atom is -0.497 e. The Hall–Kier alpha value is -2.24. The Morgan fingerprint density at radius 1 is 1.61 bits per heavy atom. The highest BCUT2D eigenvalue weighted by Crippen LogP contribution is 2.12. The molecule has 4 N–H and O–H groups in total. The zero-order valence-corrected chi connectivity index (χ0v) is 10.4. The van der Waals surface area contributed by atoms with Gasteiger partial charge in [-0.2, -0.15) is 0 Å². The SMILES string of the molecule is COc1cccc(CNC(=O)C(C)C(N)=NO)c1. The number of amidine groups is 1. The second-order valence-electron chi connectivity index (χ2n) is 3.82. The van der Waals surface area contributed by atoms with Gasteiger partial charge in [0.25, 0.3) is 0 Å². The Kier molecular flexibility index (Phi) is 4.98. The van der Waals surface area contributed by atoms with Crippen LogP contribution in [0.15, 0.2) is 29.4 Å². The highest BCUT2D eigenvalue weighted by atomic mass is 16.5. The third-order valence-corrected chi connectivity index (χ3v) is 2.55. The van der Waals surface area contributed by atoms with Gasteiger partial charge in [0.1, 0.15) is 5.75 Å². The highest BCUT2D eigenvalue weighted by Gasteiger charge is 2.16. The smallest absolute Gasteiger partial charge is 0.230 e. The van der Waals surface area contributed by atoms with Crippen LogP contribution in [-0.4, -0.2) is 24.1 Å². The van der Waals surface area contributed by atoms with Crippen LogP contribution < -0.4 is 15.8 Å². The van der Waals surface area contributed by atoms with Crippen molar-refractivity contribution < 1.29 is 14.7 Å². The van der Waals surface area contributed by atoms with Crippen molar-refractivity contribution in [1.82, 2.24) is 5.32 Å². The Morgan fingerprint density at radius 2 is 2.33 bits per heavy atom. The van der Waals surface area contributed by atoms with Gasteiger partial charge in [0.2, 0.25) is 5.91 Å². The van der Waals surface area contributed by atoms with E-state index in [1.165, 1.54) is 0 Å². The monoisotopic (exact) mass is 251 g/mol. The van der Waals surface area contributed by atoms with Gasteiger partial charge in [-0.15, -0.1) is 0 Å². The molecular weight excluding hydrogens is 234 g/mol. The second-order valence-corrected chi connectivity index (χ2v) is 3.82. The molecule has 0 aliphatic heterocycles. The summed E-state index contributed by atoms with van der Waals surface area (Å²) < 4.78 is 5.08. The fraction of sp³-hybridized carbons (Fsp3) is 0.333.